The Hall–Kier alpha value is -9.61. The first-order chi connectivity index (χ1) is 38.7. The van der Waals surface area contributed by atoms with Crippen LogP contribution in [-0.2, 0) is 10.8 Å². The Morgan fingerprint density at radius 1 is 0.333 bits per heavy atom. The van der Waals surface area contributed by atoms with Gasteiger partial charge < -0.3 is 14.2 Å². The lowest BCUT2D eigenvalue weighted by Gasteiger charge is -2.40. The van der Waals surface area contributed by atoms with Crippen LogP contribution in [0.4, 0.5) is 17.1 Å². The molecule has 78 heavy (non-hydrogen) atoms. The first-order valence-electron chi connectivity index (χ1n) is 26.9. The van der Waals surface area contributed by atoms with Crippen LogP contribution < -0.4 is 9.64 Å². The molecule has 3 nitrogen and oxygen atoms in total. The fourth-order valence-electron chi connectivity index (χ4n) is 14.3. The second kappa shape index (κ2) is 16.4. The van der Waals surface area contributed by atoms with Gasteiger partial charge in [-0.2, -0.15) is 0 Å². The van der Waals surface area contributed by atoms with Gasteiger partial charge in [0.2, 0.25) is 0 Å². The zero-order valence-corrected chi connectivity index (χ0v) is 43.1. The Labute approximate surface area is 456 Å². The molecular formula is C74H46N2OS. The highest BCUT2D eigenvalue weighted by molar-refractivity contribution is 7.99. The topological polar surface area (TPSA) is 17.4 Å². The predicted molar refractivity (Wildman–Crippen MR) is 320 cm³/mol. The largest absolute Gasteiger partial charge is 0.457 e. The monoisotopic (exact) mass is 1010 g/mol. The van der Waals surface area contributed by atoms with Gasteiger partial charge in [-0.05, 0) is 140 Å². The van der Waals surface area contributed by atoms with Crippen molar-refractivity contribution in [3.8, 4) is 50.6 Å². The van der Waals surface area contributed by atoms with Crippen LogP contribution in [0, 0.1) is 0 Å². The predicted octanol–water partition coefficient (Wildman–Crippen LogP) is 19.2. The van der Waals surface area contributed by atoms with Gasteiger partial charge in [0.25, 0.3) is 0 Å². The third-order valence-corrected chi connectivity index (χ3v) is 18.5. The van der Waals surface area contributed by atoms with Crippen LogP contribution in [-0.4, -0.2) is 4.57 Å². The van der Waals surface area contributed by atoms with Crippen molar-refractivity contribution in [1.82, 2.24) is 4.57 Å². The van der Waals surface area contributed by atoms with Gasteiger partial charge in [-0.1, -0.05) is 212 Å². The number of para-hydroxylation sites is 4. The SMILES string of the molecule is c1ccc(-n2c3ccccc3c3ccc(-c4ccc(N(c5ccc6c(c5)-c5ccccc5C65c6ccccc6Sc6ccccc65)c5cccc6c5-c5ccccc5C65c6ccccc6Oc6ccccc65)cc4)cc32)cc1. The highest BCUT2D eigenvalue weighted by atomic mass is 32.2. The number of rotatable bonds is 5. The van der Waals surface area contributed by atoms with E-state index in [1.165, 1.54) is 92.8 Å². The lowest BCUT2D eigenvalue weighted by molar-refractivity contribution is 0.436. The molecule has 0 amide bonds. The molecule has 0 saturated heterocycles. The molecule has 0 N–H and O–H groups in total. The molecule has 3 heterocycles. The smallest absolute Gasteiger partial charge is 0.132 e. The Kier molecular flexibility index (Phi) is 9.20. The molecular weight excluding hydrogens is 965 g/mol. The number of hydrogen-bond donors (Lipinski definition) is 0. The maximum absolute atomic E-state index is 6.78. The lowest BCUT2D eigenvalue weighted by atomic mass is 9.66. The number of hydrogen-bond acceptors (Lipinski definition) is 3. The van der Waals surface area contributed by atoms with Crippen LogP contribution in [0.5, 0.6) is 11.5 Å². The first-order valence-corrected chi connectivity index (χ1v) is 27.7. The maximum Gasteiger partial charge on any atom is 0.132 e. The van der Waals surface area contributed by atoms with E-state index in [2.05, 4.69) is 289 Å². The molecule has 17 rings (SSSR count). The van der Waals surface area contributed by atoms with Crippen molar-refractivity contribution in [2.75, 3.05) is 4.90 Å². The van der Waals surface area contributed by atoms with Crippen LogP contribution in [0.1, 0.15) is 44.5 Å². The van der Waals surface area contributed by atoms with Gasteiger partial charge in [0, 0.05) is 54.3 Å². The summed E-state index contributed by atoms with van der Waals surface area (Å²) >= 11 is 1.88. The molecule has 2 spiro atoms. The second-order valence-corrected chi connectivity index (χ2v) is 22.1. The highest BCUT2D eigenvalue weighted by Crippen LogP contribution is 2.66. The van der Waals surface area contributed by atoms with Gasteiger partial charge >= 0.3 is 0 Å². The summed E-state index contributed by atoms with van der Waals surface area (Å²) in [6.45, 7) is 0. The van der Waals surface area contributed by atoms with Crippen molar-refractivity contribution in [3.05, 3.63) is 324 Å². The van der Waals surface area contributed by atoms with E-state index in [1.807, 2.05) is 11.8 Å². The van der Waals surface area contributed by atoms with Crippen molar-refractivity contribution >= 4 is 50.6 Å². The molecule has 0 unspecified atom stereocenters. The number of fused-ring (bicyclic) bond motifs is 21. The van der Waals surface area contributed by atoms with Gasteiger partial charge in [-0.3, -0.25) is 0 Å². The molecule has 0 atom stereocenters. The summed E-state index contributed by atoms with van der Waals surface area (Å²) in [5, 5.41) is 2.49. The minimum Gasteiger partial charge on any atom is -0.457 e. The molecule has 2 aliphatic heterocycles. The van der Waals surface area contributed by atoms with Gasteiger partial charge in [0.15, 0.2) is 0 Å². The van der Waals surface area contributed by atoms with E-state index < -0.39 is 10.8 Å². The van der Waals surface area contributed by atoms with Crippen LogP contribution in [0.15, 0.2) is 289 Å². The van der Waals surface area contributed by atoms with E-state index in [9.17, 15) is 0 Å². The zero-order chi connectivity index (χ0) is 51.1. The number of anilines is 3. The zero-order valence-electron chi connectivity index (χ0n) is 42.3. The Bertz CT molecular complexity index is 4560. The molecule has 12 aromatic carbocycles. The average molecular weight is 1010 g/mol. The van der Waals surface area contributed by atoms with Crippen molar-refractivity contribution in [2.45, 2.75) is 20.6 Å². The molecule has 0 fully saturated rings. The first kappa shape index (κ1) is 43.6. The molecule has 4 aliphatic rings. The molecule has 2 aliphatic carbocycles. The summed E-state index contributed by atoms with van der Waals surface area (Å²) in [5.41, 5.74) is 23.1. The quantitative estimate of drug-likeness (QED) is 0.171. The second-order valence-electron chi connectivity index (χ2n) is 21.0. The normalized spacial score (nSPS) is 14.2. The summed E-state index contributed by atoms with van der Waals surface area (Å²) < 4.78 is 9.18. The van der Waals surface area contributed by atoms with E-state index in [0.29, 0.717) is 0 Å². The minimum atomic E-state index is -0.618. The van der Waals surface area contributed by atoms with Crippen LogP contribution in [0.2, 0.25) is 0 Å². The third kappa shape index (κ3) is 5.79. The number of aromatic nitrogens is 1. The van der Waals surface area contributed by atoms with Crippen LogP contribution in [0.3, 0.4) is 0 Å². The van der Waals surface area contributed by atoms with Crippen molar-refractivity contribution < 1.29 is 4.74 Å². The Morgan fingerprint density at radius 2 is 0.859 bits per heavy atom. The fraction of sp³-hybridized carbons (Fsp3) is 0.0270. The standard InChI is InChI=1S/C74H46N2OS/c1-2-19-49(20-3-1)76-65-31-13-6-22-53(65)54-43-39-48(45-67(54)76)47-37-40-50(41-38-47)75(51-42-44-59-56(46-51)52-21-4-7-24-57(52)73(59)62-28-11-16-35-70(62)78-71-36-17-12-29-63(71)73)66-32-18-30-64-72(66)55-23-5-8-25-58(55)74(64)60-26-9-14-33-68(60)77-69-34-15-10-27-61(69)74/h1-46H. The molecule has 4 heteroatoms. The van der Waals surface area contributed by atoms with E-state index in [1.54, 1.807) is 0 Å². The summed E-state index contributed by atoms with van der Waals surface area (Å²) in [6.07, 6.45) is 0. The summed E-state index contributed by atoms with van der Waals surface area (Å²) in [5.74, 6) is 1.77. The van der Waals surface area contributed by atoms with Gasteiger partial charge in [-0.15, -0.1) is 0 Å². The summed E-state index contributed by atoms with van der Waals surface area (Å²) in [4.78, 5) is 5.13. The van der Waals surface area contributed by atoms with E-state index in [0.717, 1.165) is 50.9 Å². The summed E-state index contributed by atoms with van der Waals surface area (Å²) in [6, 6.07) is 104. The number of nitrogens with zero attached hydrogens (tertiary/aromatic N) is 2. The maximum atomic E-state index is 6.78. The molecule has 0 bridgehead atoms. The number of ether oxygens (including phenoxy) is 1. The van der Waals surface area contributed by atoms with Crippen molar-refractivity contribution in [2.24, 2.45) is 0 Å². The van der Waals surface area contributed by atoms with Gasteiger partial charge in [0.05, 0.1) is 27.6 Å². The molecule has 364 valence electrons. The Balaban J connectivity index is 0.903. The molecule has 0 saturated carbocycles. The highest BCUT2D eigenvalue weighted by Gasteiger charge is 2.53. The van der Waals surface area contributed by atoms with E-state index >= 15 is 0 Å². The Morgan fingerprint density at radius 3 is 1.59 bits per heavy atom. The van der Waals surface area contributed by atoms with Crippen molar-refractivity contribution in [1.29, 1.82) is 0 Å². The third-order valence-electron chi connectivity index (χ3n) is 17.3. The molecule has 1 aromatic heterocycles. The fourth-order valence-corrected chi connectivity index (χ4v) is 15.5. The van der Waals surface area contributed by atoms with Crippen LogP contribution in [0.25, 0.3) is 60.9 Å². The van der Waals surface area contributed by atoms with Crippen molar-refractivity contribution in [3.63, 3.8) is 0 Å². The van der Waals surface area contributed by atoms with Gasteiger partial charge in [-0.25, -0.2) is 0 Å². The molecule has 13 aromatic rings. The average Bonchev–Trinajstić information content (AvgIpc) is 4.23. The van der Waals surface area contributed by atoms with Crippen LogP contribution >= 0.6 is 11.8 Å². The lowest BCUT2D eigenvalue weighted by Crippen LogP contribution is -2.32. The minimum absolute atomic E-state index is 0.480. The summed E-state index contributed by atoms with van der Waals surface area (Å²) in [7, 11) is 0. The number of benzene rings is 12. The molecule has 0 radical (unpaired) electrons. The van der Waals surface area contributed by atoms with E-state index in [4.69, 9.17) is 4.74 Å². The van der Waals surface area contributed by atoms with E-state index in [-0.39, 0.29) is 0 Å². The van der Waals surface area contributed by atoms with Gasteiger partial charge in [0.1, 0.15) is 11.5 Å².